The Morgan fingerprint density at radius 3 is 2.65 bits per heavy atom. The van der Waals surface area contributed by atoms with E-state index < -0.39 is 0 Å². The Balaban J connectivity index is 2.87. The summed E-state index contributed by atoms with van der Waals surface area (Å²) in [4.78, 5) is 2.28. The van der Waals surface area contributed by atoms with Crippen LogP contribution in [0.25, 0.3) is 0 Å². The van der Waals surface area contributed by atoms with E-state index in [0.717, 1.165) is 24.5 Å². The molecule has 2 nitrogen and oxygen atoms in total. The van der Waals surface area contributed by atoms with Crippen molar-refractivity contribution >= 4 is 17.3 Å². The molecule has 0 aliphatic rings. The summed E-state index contributed by atoms with van der Waals surface area (Å²) in [5, 5.41) is 4.23. The van der Waals surface area contributed by atoms with Crippen LogP contribution in [0.1, 0.15) is 32.8 Å². The molecule has 1 aromatic rings. The van der Waals surface area contributed by atoms with Crippen molar-refractivity contribution in [3.63, 3.8) is 0 Å². The molecular formula is C14H23ClN2. The maximum Gasteiger partial charge on any atom is 0.0412 e. The van der Waals surface area contributed by atoms with E-state index in [1.165, 1.54) is 11.3 Å². The first kappa shape index (κ1) is 14.3. The zero-order valence-electron chi connectivity index (χ0n) is 11.3. The topological polar surface area (TPSA) is 15.3 Å². The van der Waals surface area contributed by atoms with E-state index in [9.17, 15) is 0 Å². The summed E-state index contributed by atoms with van der Waals surface area (Å²) in [6.45, 7) is 8.47. The third kappa shape index (κ3) is 4.21. The van der Waals surface area contributed by atoms with Crippen LogP contribution in [0.5, 0.6) is 0 Å². The molecule has 0 unspecified atom stereocenters. The second-order valence-corrected chi connectivity index (χ2v) is 5.09. The summed E-state index contributed by atoms with van der Waals surface area (Å²) < 4.78 is 0. The van der Waals surface area contributed by atoms with Crippen LogP contribution in [-0.4, -0.2) is 19.6 Å². The molecular weight excluding hydrogens is 232 g/mol. The van der Waals surface area contributed by atoms with Crippen LogP contribution in [-0.2, 0) is 6.54 Å². The zero-order chi connectivity index (χ0) is 12.8. The van der Waals surface area contributed by atoms with Gasteiger partial charge in [0.2, 0.25) is 0 Å². The van der Waals surface area contributed by atoms with Crippen molar-refractivity contribution in [3.05, 3.63) is 28.8 Å². The smallest absolute Gasteiger partial charge is 0.0412 e. The van der Waals surface area contributed by atoms with Gasteiger partial charge in [-0.2, -0.15) is 0 Å². The summed E-state index contributed by atoms with van der Waals surface area (Å²) in [5.41, 5.74) is 2.52. The van der Waals surface area contributed by atoms with Crippen molar-refractivity contribution < 1.29 is 0 Å². The molecule has 0 aromatic heterocycles. The molecule has 0 aliphatic heterocycles. The fraction of sp³-hybridized carbons (Fsp3) is 0.571. The van der Waals surface area contributed by atoms with Crippen LogP contribution in [0, 0.1) is 0 Å². The van der Waals surface area contributed by atoms with Gasteiger partial charge in [0.25, 0.3) is 0 Å². The van der Waals surface area contributed by atoms with Gasteiger partial charge in [0.05, 0.1) is 0 Å². The largest absolute Gasteiger partial charge is 0.372 e. The van der Waals surface area contributed by atoms with Gasteiger partial charge in [-0.3, -0.25) is 0 Å². The SMILES string of the molecule is CCCNCc1cc(Cl)ccc1N(C)C(C)C. The van der Waals surface area contributed by atoms with E-state index in [1.807, 2.05) is 6.07 Å². The van der Waals surface area contributed by atoms with Gasteiger partial charge in [-0.15, -0.1) is 0 Å². The van der Waals surface area contributed by atoms with E-state index >= 15 is 0 Å². The van der Waals surface area contributed by atoms with Gasteiger partial charge in [-0.05, 0) is 50.6 Å². The number of benzene rings is 1. The molecule has 0 heterocycles. The van der Waals surface area contributed by atoms with Gasteiger partial charge in [-0.25, -0.2) is 0 Å². The van der Waals surface area contributed by atoms with Crippen molar-refractivity contribution in [1.82, 2.24) is 5.32 Å². The highest BCUT2D eigenvalue weighted by Gasteiger charge is 2.10. The van der Waals surface area contributed by atoms with Crippen molar-refractivity contribution in [2.24, 2.45) is 0 Å². The Kier molecular flexibility index (Phi) is 5.79. The van der Waals surface area contributed by atoms with E-state index in [1.54, 1.807) is 0 Å². The highest BCUT2D eigenvalue weighted by atomic mass is 35.5. The average Bonchev–Trinajstić information content (AvgIpc) is 2.28. The minimum Gasteiger partial charge on any atom is -0.372 e. The molecule has 0 atom stereocenters. The quantitative estimate of drug-likeness (QED) is 0.779. The Morgan fingerprint density at radius 1 is 1.35 bits per heavy atom. The predicted octanol–water partition coefficient (Wildman–Crippen LogP) is 3.68. The number of nitrogens with zero attached hydrogens (tertiary/aromatic N) is 1. The van der Waals surface area contributed by atoms with E-state index in [-0.39, 0.29) is 0 Å². The number of halogens is 1. The first-order valence-electron chi connectivity index (χ1n) is 6.28. The monoisotopic (exact) mass is 254 g/mol. The van der Waals surface area contributed by atoms with Crippen LogP contribution in [0.3, 0.4) is 0 Å². The van der Waals surface area contributed by atoms with Gasteiger partial charge in [0, 0.05) is 30.3 Å². The highest BCUT2D eigenvalue weighted by molar-refractivity contribution is 6.30. The van der Waals surface area contributed by atoms with Gasteiger partial charge >= 0.3 is 0 Å². The molecule has 1 aromatic carbocycles. The van der Waals surface area contributed by atoms with Gasteiger partial charge in [-0.1, -0.05) is 18.5 Å². The number of rotatable bonds is 6. The lowest BCUT2D eigenvalue weighted by Crippen LogP contribution is -2.27. The van der Waals surface area contributed by atoms with Gasteiger partial charge in [0.15, 0.2) is 0 Å². The van der Waals surface area contributed by atoms with Crippen LogP contribution in [0.15, 0.2) is 18.2 Å². The second kappa shape index (κ2) is 6.87. The van der Waals surface area contributed by atoms with E-state index in [4.69, 9.17) is 11.6 Å². The van der Waals surface area contributed by atoms with Crippen LogP contribution in [0.4, 0.5) is 5.69 Å². The Bertz CT molecular complexity index is 350. The predicted molar refractivity (Wildman–Crippen MR) is 77.0 cm³/mol. The Labute approximate surface area is 110 Å². The van der Waals surface area contributed by atoms with Crippen molar-refractivity contribution in [1.29, 1.82) is 0 Å². The number of hydrogen-bond donors (Lipinski definition) is 1. The van der Waals surface area contributed by atoms with Crippen LogP contribution in [0.2, 0.25) is 5.02 Å². The molecule has 96 valence electrons. The van der Waals surface area contributed by atoms with Crippen LogP contribution >= 0.6 is 11.6 Å². The zero-order valence-corrected chi connectivity index (χ0v) is 12.0. The average molecular weight is 255 g/mol. The summed E-state index contributed by atoms with van der Waals surface area (Å²) in [6.07, 6.45) is 1.15. The van der Waals surface area contributed by atoms with Gasteiger partial charge < -0.3 is 10.2 Å². The molecule has 3 heteroatoms. The summed E-state index contributed by atoms with van der Waals surface area (Å²) in [5.74, 6) is 0. The molecule has 0 saturated heterocycles. The first-order valence-corrected chi connectivity index (χ1v) is 6.66. The molecule has 0 fully saturated rings. The second-order valence-electron chi connectivity index (χ2n) is 4.65. The molecule has 0 spiro atoms. The van der Waals surface area contributed by atoms with E-state index in [2.05, 4.69) is 50.2 Å². The lowest BCUT2D eigenvalue weighted by atomic mass is 10.1. The molecule has 1 N–H and O–H groups in total. The van der Waals surface area contributed by atoms with Gasteiger partial charge in [0.1, 0.15) is 0 Å². The summed E-state index contributed by atoms with van der Waals surface area (Å²) in [6, 6.07) is 6.60. The maximum atomic E-state index is 6.07. The third-order valence-electron chi connectivity index (χ3n) is 2.94. The fourth-order valence-electron chi connectivity index (χ4n) is 1.72. The lowest BCUT2D eigenvalue weighted by Gasteiger charge is -2.26. The van der Waals surface area contributed by atoms with Crippen molar-refractivity contribution in [3.8, 4) is 0 Å². The number of anilines is 1. The minimum atomic E-state index is 0.487. The molecule has 17 heavy (non-hydrogen) atoms. The van der Waals surface area contributed by atoms with Crippen LogP contribution < -0.4 is 10.2 Å². The molecule has 0 bridgehead atoms. The molecule has 0 saturated carbocycles. The maximum absolute atomic E-state index is 6.07. The summed E-state index contributed by atoms with van der Waals surface area (Å²) >= 11 is 6.07. The normalized spacial score (nSPS) is 10.9. The highest BCUT2D eigenvalue weighted by Crippen LogP contribution is 2.24. The Morgan fingerprint density at radius 2 is 2.06 bits per heavy atom. The van der Waals surface area contributed by atoms with Crippen molar-refractivity contribution in [2.75, 3.05) is 18.5 Å². The molecule has 0 aliphatic carbocycles. The molecule has 0 radical (unpaired) electrons. The Hall–Kier alpha value is -0.730. The molecule has 0 amide bonds. The standard InChI is InChI=1S/C14H23ClN2/c1-5-8-16-10-12-9-13(15)6-7-14(12)17(4)11(2)3/h6-7,9,11,16H,5,8,10H2,1-4H3. The van der Waals surface area contributed by atoms with E-state index in [0.29, 0.717) is 6.04 Å². The summed E-state index contributed by atoms with van der Waals surface area (Å²) in [7, 11) is 2.12. The number of nitrogens with one attached hydrogen (secondary N) is 1. The third-order valence-corrected chi connectivity index (χ3v) is 3.17. The fourth-order valence-corrected chi connectivity index (χ4v) is 1.91. The minimum absolute atomic E-state index is 0.487. The number of hydrogen-bond acceptors (Lipinski definition) is 2. The lowest BCUT2D eigenvalue weighted by molar-refractivity contribution is 0.669. The first-order chi connectivity index (χ1) is 8.06. The van der Waals surface area contributed by atoms with Crippen molar-refractivity contribution in [2.45, 2.75) is 39.8 Å². The molecule has 1 rings (SSSR count).